The van der Waals surface area contributed by atoms with Crippen LogP contribution in [-0.4, -0.2) is 13.0 Å². The number of ether oxygens (including phenoxy) is 1. The summed E-state index contributed by atoms with van der Waals surface area (Å²) in [6.07, 6.45) is 0. The summed E-state index contributed by atoms with van der Waals surface area (Å²) in [6.45, 7) is 0.487. The maximum atomic E-state index is 12.8. The fourth-order valence-corrected chi connectivity index (χ4v) is 3.64. The molecule has 3 rings (SSSR count). The monoisotopic (exact) mass is 374 g/mol. The van der Waals surface area contributed by atoms with E-state index in [1.54, 1.807) is 19.2 Å². The number of nitriles is 1. The molecule has 4 nitrogen and oxygen atoms in total. The van der Waals surface area contributed by atoms with E-state index in [1.165, 1.54) is 11.8 Å². The molecular formula is C22H18N2O2S. The van der Waals surface area contributed by atoms with Gasteiger partial charge in [0.25, 0.3) is 5.91 Å². The van der Waals surface area contributed by atoms with E-state index < -0.39 is 0 Å². The van der Waals surface area contributed by atoms with Crippen LogP contribution in [0.15, 0.2) is 82.6 Å². The van der Waals surface area contributed by atoms with E-state index in [0.717, 1.165) is 15.4 Å². The maximum Gasteiger partial charge on any atom is 0.256 e. The number of nitrogens with one attached hydrogen (secondary N) is 1. The predicted octanol–water partition coefficient (Wildman–Crippen LogP) is 5.11. The van der Waals surface area contributed by atoms with Gasteiger partial charge in [-0.05, 0) is 42.0 Å². The van der Waals surface area contributed by atoms with Crippen LogP contribution in [0.4, 0.5) is 5.69 Å². The van der Waals surface area contributed by atoms with Crippen molar-refractivity contribution in [1.29, 1.82) is 5.26 Å². The van der Waals surface area contributed by atoms with E-state index in [1.807, 2.05) is 60.7 Å². The quantitative estimate of drug-likeness (QED) is 0.651. The molecule has 0 saturated carbocycles. The third kappa shape index (κ3) is 4.76. The van der Waals surface area contributed by atoms with Gasteiger partial charge in [0.05, 0.1) is 17.7 Å². The maximum absolute atomic E-state index is 12.8. The number of anilines is 1. The van der Waals surface area contributed by atoms with Crippen LogP contribution in [-0.2, 0) is 11.3 Å². The van der Waals surface area contributed by atoms with Crippen LogP contribution < -0.4 is 5.32 Å². The number of carbonyl (C=O) groups is 1. The predicted molar refractivity (Wildman–Crippen MR) is 107 cm³/mol. The molecule has 5 heteroatoms. The molecule has 0 aliphatic carbocycles. The number of nitrogens with zero attached hydrogens (tertiary/aromatic N) is 1. The average molecular weight is 374 g/mol. The second-order valence-corrected chi connectivity index (χ2v) is 6.88. The molecule has 0 aliphatic rings. The van der Waals surface area contributed by atoms with Crippen molar-refractivity contribution in [2.45, 2.75) is 16.4 Å². The van der Waals surface area contributed by atoms with E-state index in [4.69, 9.17) is 4.74 Å². The summed E-state index contributed by atoms with van der Waals surface area (Å²) in [5.41, 5.74) is 2.85. The number of carbonyl (C=O) groups excluding carboxylic acids is 1. The molecule has 3 aromatic rings. The standard InChI is InChI=1S/C22H18N2O2S/c1-26-15-16-7-6-9-18(13-16)24-22(25)19-10-3-5-12-21(19)27-20-11-4-2-8-17(20)14-23/h2-13H,15H2,1H3,(H,24,25). The summed E-state index contributed by atoms with van der Waals surface area (Å²) in [5.74, 6) is -0.192. The number of methoxy groups -OCH3 is 1. The van der Waals surface area contributed by atoms with E-state index in [2.05, 4.69) is 11.4 Å². The van der Waals surface area contributed by atoms with Crippen LogP contribution >= 0.6 is 11.8 Å². The third-order valence-electron chi connectivity index (χ3n) is 3.85. The van der Waals surface area contributed by atoms with Gasteiger partial charge >= 0.3 is 0 Å². The van der Waals surface area contributed by atoms with Gasteiger partial charge in [-0.3, -0.25) is 4.79 Å². The first kappa shape index (κ1) is 18.7. The number of hydrogen-bond donors (Lipinski definition) is 1. The van der Waals surface area contributed by atoms with Gasteiger partial charge in [0, 0.05) is 22.6 Å². The van der Waals surface area contributed by atoms with Gasteiger partial charge in [0.2, 0.25) is 0 Å². The topological polar surface area (TPSA) is 62.1 Å². The summed E-state index contributed by atoms with van der Waals surface area (Å²) >= 11 is 1.41. The molecule has 1 N–H and O–H groups in total. The van der Waals surface area contributed by atoms with Crippen LogP contribution in [0.5, 0.6) is 0 Å². The molecule has 0 bridgehead atoms. The number of benzene rings is 3. The van der Waals surface area contributed by atoms with Crippen molar-refractivity contribution < 1.29 is 9.53 Å². The SMILES string of the molecule is COCc1cccc(NC(=O)c2ccccc2Sc2ccccc2C#N)c1. The number of rotatable bonds is 6. The van der Waals surface area contributed by atoms with Gasteiger partial charge in [0.1, 0.15) is 6.07 Å². The van der Waals surface area contributed by atoms with Crippen molar-refractivity contribution in [3.63, 3.8) is 0 Å². The summed E-state index contributed by atoms with van der Waals surface area (Å²) in [5, 5.41) is 12.2. The van der Waals surface area contributed by atoms with E-state index in [0.29, 0.717) is 23.4 Å². The molecule has 1 amide bonds. The molecule has 3 aromatic carbocycles. The molecule has 0 saturated heterocycles. The van der Waals surface area contributed by atoms with Gasteiger partial charge in [-0.25, -0.2) is 0 Å². The molecule has 0 heterocycles. The highest BCUT2D eigenvalue weighted by molar-refractivity contribution is 7.99. The van der Waals surface area contributed by atoms with Crippen molar-refractivity contribution in [1.82, 2.24) is 0 Å². The fraction of sp³-hybridized carbons (Fsp3) is 0.0909. The van der Waals surface area contributed by atoms with Crippen molar-refractivity contribution >= 4 is 23.4 Å². The minimum Gasteiger partial charge on any atom is -0.380 e. The second-order valence-electron chi connectivity index (χ2n) is 5.79. The van der Waals surface area contributed by atoms with Crippen molar-refractivity contribution in [3.8, 4) is 6.07 Å². The number of amides is 1. The minimum atomic E-state index is -0.192. The molecule has 0 aliphatic heterocycles. The Balaban J connectivity index is 1.84. The summed E-state index contributed by atoms with van der Waals surface area (Å²) in [4.78, 5) is 14.4. The third-order valence-corrected chi connectivity index (χ3v) is 5.01. The highest BCUT2D eigenvalue weighted by Crippen LogP contribution is 2.32. The van der Waals surface area contributed by atoms with Crippen molar-refractivity contribution in [3.05, 3.63) is 89.5 Å². The zero-order valence-electron chi connectivity index (χ0n) is 14.8. The summed E-state index contributed by atoms with van der Waals surface area (Å²) < 4.78 is 5.14. The smallest absolute Gasteiger partial charge is 0.256 e. The highest BCUT2D eigenvalue weighted by Gasteiger charge is 2.14. The van der Waals surface area contributed by atoms with E-state index >= 15 is 0 Å². The largest absolute Gasteiger partial charge is 0.380 e. The van der Waals surface area contributed by atoms with Crippen molar-refractivity contribution in [2.24, 2.45) is 0 Å². The molecule has 0 spiro atoms. The Hall–Kier alpha value is -3.07. The van der Waals surface area contributed by atoms with E-state index in [9.17, 15) is 10.1 Å². The first-order valence-corrected chi connectivity index (χ1v) is 9.18. The zero-order chi connectivity index (χ0) is 19.1. The second kappa shape index (κ2) is 9.04. The number of hydrogen-bond acceptors (Lipinski definition) is 4. The molecule has 0 radical (unpaired) electrons. The Morgan fingerprint density at radius 2 is 1.78 bits per heavy atom. The molecule has 134 valence electrons. The molecule has 0 aromatic heterocycles. The Labute approximate surface area is 162 Å². The van der Waals surface area contributed by atoms with Crippen LogP contribution in [0.3, 0.4) is 0 Å². The lowest BCUT2D eigenvalue weighted by Crippen LogP contribution is -2.13. The lowest BCUT2D eigenvalue weighted by molar-refractivity contribution is 0.102. The zero-order valence-corrected chi connectivity index (χ0v) is 15.6. The van der Waals surface area contributed by atoms with Crippen LogP contribution in [0.2, 0.25) is 0 Å². The van der Waals surface area contributed by atoms with Crippen molar-refractivity contribution in [2.75, 3.05) is 12.4 Å². The van der Waals surface area contributed by atoms with Gasteiger partial charge in [-0.2, -0.15) is 5.26 Å². The molecule has 27 heavy (non-hydrogen) atoms. The van der Waals surface area contributed by atoms with Crippen LogP contribution in [0.1, 0.15) is 21.5 Å². The minimum absolute atomic E-state index is 0.192. The van der Waals surface area contributed by atoms with Gasteiger partial charge in [-0.15, -0.1) is 0 Å². The fourth-order valence-electron chi connectivity index (χ4n) is 2.61. The van der Waals surface area contributed by atoms with Gasteiger partial charge < -0.3 is 10.1 Å². The lowest BCUT2D eigenvalue weighted by atomic mass is 10.2. The van der Waals surface area contributed by atoms with Crippen LogP contribution in [0.25, 0.3) is 0 Å². The summed E-state index contributed by atoms with van der Waals surface area (Å²) in [6, 6.07) is 24.5. The Morgan fingerprint density at radius 1 is 1.04 bits per heavy atom. The molecular weight excluding hydrogens is 356 g/mol. The molecule has 0 atom stereocenters. The van der Waals surface area contributed by atoms with Gasteiger partial charge in [-0.1, -0.05) is 48.2 Å². The lowest BCUT2D eigenvalue weighted by Gasteiger charge is -2.11. The summed E-state index contributed by atoms with van der Waals surface area (Å²) in [7, 11) is 1.64. The Kier molecular flexibility index (Phi) is 6.26. The molecule has 0 unspecified atom stereocenters. The first-order valence-electron chi connectivity index (χ1n) is 8.36. The molecule has 0 fully saturated rings. The normalized spacial score (nSPS) is 10.2. The van der Waals surface area contributed by atoms with E-state index in [-0.39, 0.29) is 5.91 Å². The Bertz CT molecular complexity index is 995. The average Bonchev–Trinajstić information content (AvgIpc) is 2.69. The van der Waals surface area contributed by atoms with Crippen LogP contribution in [0, 0.1) is 11.3 Å². The van der Waals surface area contributed by atoms with Gasteiger partial charge in [0.15, 0.2) is 0 Å². The Morgan fingerprint density at radius 3 is 2.56 bits per heavy atom. The first-order chi connectivity index (χ1) is 13.2. The highest BCUT2D eigenvalue weighted by atomic mass is 32.2.